The van der Waals surface area contributed by atoms with Gasteiger partial charge in [-0.3, -0.25) is 4.98 Å². The number of hydrogen-bond acceptors (Lipinski definition) is 6. The lowest BCUT2D eigenvalue weighted by molar-refractivity contribution is 0.135. The SMILES string of the molecule is COc1ccc(NCc2cccnc2)nc1OC1CCOC1. The summed E-state index contributed by atoms with van der Waals surface area (Å²) in [6, 6.07) is 7.64. The van der Waals surface area contributed by atoms with Crippen LogP contribution in [0.25, 0.3) is 0 Å². The molecule has 2 aromatic heterocycles. The molecule has 3 rings (SSSR count). The number of nitrogens with one attached hydrogen (secondary N) is 1. The van der Waals surface area contributed by atoms with E-state index in [1.165, 1.54) is 0 Å². The highest BCUT2D eigenvalue weighted by Gasteiger charge is 2.20. The van der Waals surface area contributed by atoms with E-state index in [-0.39, 0.29) is 6.10 Å². The number of methoxy groups -OCH3 is 1. The molecule has 1 aliphatic rings. The zero-order chi connectivity index (χ0) is 15.2. The van der Waals surface area contributed by atoms with Crippen LogP contribution in [0.4, 0.5) is 5.82 Å². The summed E-state index contributed by atoms with van der Waals surface area (Å²) >= 11 is 0. The number of ether oxygens (including phenoxy) is 3. The molecule has 1 atom stereocenters. The molecule has 0 spiro atoms. The van der Waals surface area contributed by atoms with Gasteiger partial charge < -0.3 is 19.5 Å². The summed E-state index contributed by atoms with van der Waals surface area (Å²) in [5.41, 5.74) is 1.09. The molecule has 0 amide bonds. The van der Waals surface area contributed by atoms with Crippen LogP contribution < -0.4 is 14.8 Å². The second kappa shape index (κ2) is 7.09. The molecule has 0 aliphatic carbocycles. The van der Waals surface area contributed by atoms with Crippen molar-refractivity contribution in [2.24, 2.45) is 0 Å². The van der Waals surface area contributed by atoms with Crippen LogP contribution in [0.15, 0.2) is 36.7 Å². The summed E-state index contributed by atoms with van der Waals surface area (Å²) in [5, 5.41) is 3.26. The van der Waals surface area contributed by atoms with Crippen molar-refractivity contribution in [3.05, 3.63) is 42.2 Å². The Morgan fingerprint density at radius 2 is 2.32 bits per heavy atom. The van der Waals surface area contributed by atoms with Crippen LogP contribution in [0.3, 0.4) is 0 Å². The average Bonchev–Trinajstić information content (AvgIpc) is 3.07. The van der Waals surface area contributed by atoms with Gasteiger partial charge in [-0.15, -0.1) is 0 Å². The topological polar surface area (TPSA) is 65.5 Å². The number of nitrogens with zero attached hydrogens (tertiary/aromatic N) is 2. The number of anilines is 1. The molecule has 1 unspecified atom stereocenters. The van der Waals surface area contributed by atoms with Crippen molar-refractivity contribution in [3.8, 4) is 11.6 Å². The van der Waals surface area contributed by atoms with Gasteiger partial charge in [-0.25, -0.2) is 0 Å². The molecule has 22 heavy (non-hydrogen) atoms. The van der Waals surface area contributed by atoms with E-state index in [9.17, 15) is 0 Å². The predicted octanol–water partition coefficient (Wildman–Crippen LogP) is 2.26. The lowest BCUT2D eigenvalue weighted by atomic mass is 10.3. The Kier molecular flexibility index (Phi) is 4.70. The summed E-state index contributed by atoms with van der Waals surface area (Å²) in [6.45, 7) is 1.98. The van der Waals surface area contributed by atoms with Crippen LogP contribution in [-0.2, 0) is 11.3 Å². The van der Waals surface area contributed by atoms with Gasteiger partial charge in [0.2, 0.25) is 0 Å². The summed E-state index contributed by atoms with van der Waals surface area (Å²) < 4.78 is 16.5. The van der Waals surface area contributed by atoms with Gasteiger partial charge in [-0.05, 0) is 23.8 Å². The van der Waals surface area contributed by atoms with Gasteiger partial charge >= 0.3 is 0 Å². The number of aromatic nitrogens is 2. The molecule has 0 bridgehead atoms. The minimum absolute atomic E-state index is 0.0370. The lowest BCUT2D eigenvalue weighted by Gasteiger charge is -2.15. The molecule has 1 N–H and O–H groups in total. The van der Waals surface area contributed by atoms with Crippen LogP contribution in [0, 0.1) is 0 Å². The predicted molar refractivity (Wildman–Crippen MR) is 82.2 cm³/mol. The summed E-state index contributed by atoms with van der Waals surface area (Å²) in [4.78, 5) is 8.58. The second-order valence-corrected chi connectivity index (χ2v) is 5.02. The Bertz CT molecular complexity index is 601. The van der Waals surface area contributed by atoms with Crippen LogP contribution in [0.2, 0.25) is 0 Å². The maximum atomic E-state index is 5.88. The first kappa shape index (κ1) is 14.6. The first-order chi connectivity index (χ1) is 10.8. The lowest BCUT2D eigenvalue weighted by Crippen LogP contribution is -2.17. The van der Waals surface area contributed by atoms with E-state index in [2.05, 4.69) is 15.3 Å². The van der Waals surface area contributed by atoms with Crippen LogP contribution in [0.1, 0.15) is 12.0 Å². The maximum absolute atomic E-state index is 5.88. The molecular formula is C16H19N3O3. The molecular weight excluding hydrogens is 282 g/mol. The minimum Gasteiger partial charge on any atom is -0.491 e. The van der Waals surface area contributed by atoms with Crippen LogP contribution >= 0.6 is 0 Å². The zero-order valence-electron chi connectivity index (χ0n) is 12.5. The fraction of sp³-hybridized carbons (Fsp3) is 0.375. The molecule has 1 saturated heterocycles. The fourth-order valence-corrected chi connectivity index (χ4v) is 2.22. The normalized spacial score (nSPS) is 17.2. The van der Waals surface area contributed by atoms with E-state index in [1.807, 2.05) is 30.5 Å². The Balaban J connectivity index is 1.69. The number of pyridine rings is 2. The Labute approximate surface area is 129 Å². The largest absolute Gasteiger partial charge is 0.491 e. The number of rotatable bonds is 6. The Morgan fingerprint density at radius 3 is 3.05 bits per heavy atom. The number of hydrogen-bond donors (Lipinski definition) is 1. The van der Waals surface area contributed by atoms with Crippen molar-refractivity contribution in [1.29, 1.82) is 0 Å². The maximum Gasteiger partial charge on any atom is 0.259 e. The van der Waals surface area contributed by atoms with Crippen LogP contribution in [-0.4, -0.2) is 36.4 Å². The van der Waals surface area contributed by atoms with Crippen LogP contribution in [0.5, 0.6) is 11.6 Å². The molecule has 6 nitrogen and oxygen atoms in total. The summed E-state index contributed by atoms with van der Waals surface area (Å²) in [5.74, 6) is 1.85. The molecule has 116 valence electrons. The molecule has 6 heteroatoms. The van der Waals surface area contributed by atoms with Gasteiger partial charge in [-0.1, -0.05) is 6.07 Å². The third-order valence-electron chi connectivity index (χ3n) is 3.41. The van der Waals surface area contributed by atoms with E-state index >= 15 is 0 Å². The van der Waals surface area contributed by atoms with Crippen molar-refractivity contribution >= 4 is 5.82 Å². The highest BCUT2D eigenvalue weighted by Crippen LogP contribution is 2.28. The average molecular weight is 301 g/mol. The Hall–Kier alpha value is -2.34. The van der Waals surface area contributed by atoms with E-state index < -0.39 is 0 Å². The van der Waals surface area contributed by atoms with Gasteiger partial charge in [0.25, 0.3) is 5.88 Å². The molecule has 0 radical (unpaired) electrons. The van der Waals surface area contributed by atoms with Crippen molar-refractivity contribution < 1.29 is 14.2 Å². The van der Waals surface area contributed by atoms with Gasteiger partial charge in [-0.2, -0.15) is 4.98 Å². The molecule has 0 aromatic carbocycles. The van der Waals surface area contributed by atoms with Crippen molar-refractivity contribution in [1.82, 2.24) is 9.97 Å². The highest BCUT2D eigenvalue weighted by atomic mass is 16.6. The molecule has 2 aromatic rings. The first-order valence-corrected chi connectivity index (χ1v) is 7.27. The standard InChI is InChI=1S/C16H19N3O3/c1-20-14-4-5-15(18-10-12-3-2-7-17-9-12)19-16(14)22-13-6-8-21-11-13/h2-5,7,9,13H,6,8,10-11H2,1H3,(H,18,19). The van der Waals surface area contributed by atoms with Gasteiger partial charge in [0, 0.05) is 25.4 Å². The molecule has 0 saturated carbocycles. The van der Waals surface area contributed by atoms with Crippen molar-refractivity contribution in [2.75, 3.05) is 25.6 Å². The monoisotopic (exact) mass is 301 g/mol. The highest BCUT2D eigenvalue weighted by molar-refractivity contribution is 5.45. The molecule has 1 fully saturated rings. The van der Waals surface area contributed by atoms with E-state index in [0.717, 1.165) is 24.4 Å². The minimum atomic E-state index is 0.0370. The third-order valence-corrected chi connectivity index (χ3v) is 3.41. The molecule has 3 heterocycles. The smallest absolute Gasteiger partial charge is 0.259 e. The Morgan fingerprint density at radius 1 is 1.36 bits per heavy atom. The van der Waals surface area contributed by atoms with E-state index in [0.29, 0.717) is 24.8 Å². The van der Waals surface area contributed by atoms with Gasteiger partial charge in [0.05, 0.1) is 20.3 Å². The van der Waals surface area contributed by atoms with Crippen molar-refractivity contribution in [3.63, 3.8) is 0 Å². The third kappa shape index (κ3) is 3.65. The van der Waals surface area contributed by atoms with Gasteiger partial charge in [0.1, 0.15) is 11.9 Å². The zero-order valence-corrected chi connectivity index (χ0v) is 12.5. The quantitative estimate of drug-likeness (QED) is 0.883. The first-order valence-electron chi connectivity index (χ1n) is 7.27. The van der Waals surface area contributed by atoms with E-state index in [4.69, 9.17) is 14.2 Å². The summed E-state index contributed by atoms with van der Waals surface area (Å²) in [6.07, 6.45) is 4.49. The summed E-state index contributed by atoms with van der Waals surface area (Å²) in [7, 11) is 1.61. The second-order valence-electron chi connectivity index (χ2n) is 5.02. The van der Waals surface area contributed by atoms with E-state index in [1.54, 1.807) is 13.3 Å². The molecule has 1 aliphatic heterocycles. The van der Waals surface area contributed by atoms with Crippen molar-refractivity contribution in [2.45, 2.75) is 19.1 Å². The fourth-order valence-electron chi connectivity index (χ4n) is 2.22. The van der Waals surface area contributed by atoms with Gasteiger partial charge in [0.15, 0.2) is 5.75 Å².